The molecule has 0 spiro atoms. The molecule has 2 heterocycles. The molecule has 0 bridgehead atoms. The predicted molar refractivity (Wildman–Crippen MR) is 113 cm³/mol. The summed E-state index contributed by atoms with van der Waals surface area (Å²) in [5.41, 5.74) is 5.25. The first-order valence-electron chi connectivity index (χ1n) is 8.97. The average molecular weight is 389 g/mol. The number of aromatic amines is 1. The highest BCUT2D eigenvalue weighted by Gasteiger charge is 2.11. The second-order valence-corrected chi connectivity index (χ2v) is 7.00. The lowest BCUT2D eigenvalue weighted by molar-refractivity contribution is 0.689. The maximum absolute atomic E-state index is 5.23. The zero-order valence-electron chi connectivity index (χ0n) is 15.7. The molecular formula is C21H20N6S. The maximum Gasteiger partial charge on any atom is 0.216 e. The molecule has 0 aliphatic heterocycles. The zero-order valence-corrected chi connectivity index (χ0v) is 16.5. The van der Waals surface area contributed by atoms with Crippen molar-refractivity contribution in [2.75, 3.05) is 0 Å². The van der Waals surface area contributed by atoms with E-state index in [1.165, 1.54) is 11.1 Å². The van der Waals surface area contributed by atoms with E-state index in [9.17, 15) is 0 Å². The van der Waals surface area contributed by atoms with Crippen LogP contribution in [0, 0.1) is 18.6 Å². The van der Waals surface area contributed by atoms with Crippen LogP contribution in [0.1, 0.15) is 22.5 Å². The summed E-state index contributed by atoms with van der Waals surface area (Å²) in [5.74, 6) is 0.704. The van der Waals surface area contributed by atoms with Crippen LogP contribution in [0.5, 0.6) is 0 Å². The molecule has 0 unspecified atom stereocenters. The Bertz CT molecular complexity index is 1170. The van der Waals surface area contributed by atoms with Gasteiger partial charge in [-0.25, -0.2) is 0 Å². The molecule has 1 N–H and O–H groups in total. The lowest BCUT2D eigenvalue weighted by atomic mass is 10.1. The normalized spacial score (nSPS) is 11.4. The van der Waals surface area contributed by atoms with Crippen molar-refractivity contribution < 1.29 is 0 Å². The topological polar surface area (TPSA) is 63.8 Å². The van der Waals surface area contributed by atoms with Crippen molar-refractivity contribution >= 4 is 18.4 Å². The maximum atomic E-state index is 5.23. The van der Waals surface area contributed by atoms with Gasteiger partial charge in [0, 0.05) is 17.3 Å². The van der Waals surface area contributed by atoms with Gasteiger partial charge in [0.05, 0.1) is 12.8 Å². The van der Waals surface area contributed by atoms with Gasteiger partial charge < -0.3 is 0 Å². The second kappa shape index (κ2) is 7.74. The molecule has 0 aliphatic carbocycles. The molecule has 2 aromatic carbocycles. The van der Waals surface area contributed by atoms with E-state index < -0.39 is 0 Å². The Morgan fingerprint density at radius 2 is 1.82 bits per heavy atom. The minimum absolute atomic E-state index is 0.460. The highest BCUT2D eigenvalue weighted by molar-refractivity contribution is 7.71. The highest BCUT2D eigenvalue weighted by Crippen LogP contribution is 2.22. The van der Waals surface area contributed by atoms with Crippen LogP contribution < -0.4 is 0 Å². The first-order valence-corrected chi connectivity index (χ1v) is 9.38. The molecule has 0 amide bonds. The fourth-order valence-electron chi connectivity index (χ4n) is 2.94. The van der Waals surface area contributed by atoms with Gasteiger partial charge in [-0.2, -0.15) is 20.0 Å². The molecule has 0 aliphatic rings. The summed E-state index contributed by atoms with van der Waals surface area (Å²) in [6.45, 7) is 4.62. The van der Waals surface area contributed by atoms with E-state index in [-0.39, 0.29) is 0 Å². The number of rotatable bonds is 5. The van der Waals surface area contributed by atoms with Crippen LogP contribution in [-0.4, -0.2) is 30.9 Å². The quantitative estimate of drug-likeness (QED) is 0.408. The number of hydrogen-bond acceptors (Lipinski definition) is 4. The molecule has 0 fully saturated rings. The highest BCUT2D eigenvalue weighted by atomic mass is 32.1. The Morgan fingerprint density at radius 1 is 1.07 bits per heavy atom. The molecule has 28 heavy (non-hydrogen) atoms. The first-order chi connectivity index (χ1) is 13.6. The number of hydrogen-bond donors (Lipinski definition) is 1. The predicted octanol–water partition coefficient (Wildman–Crippen LogP) is 4.35. The van der Waals surface area contributed by atoms with Crippen LogP contribution in [0.2, 0.25) is 0 Å². The smallest absolute Gasteiger partial charge is 0.216 e. The summed E-state index contributed by atoms with van der Waals surface area (Å²) >= 11 is 5.23. The SMILES string of the molecule is Cc1ccc(-c2nn(Cc3ccccc3)cc2/C=N\n2c(C)n[nH]c2=S)cc1. The largest absolute Gasteiger partial charge is 0.267 e. The van der Waals surface area contributed by atoms with E-state index in [0.29, 0.717) is 17.1 Å². The van der Waals surface area contributed by atoms with Crippen LogP contribution >= 0.6 is 12.2 Å². The van der Waals surface area contributed by atoms with Crippen molar-refractivity contribution in [1.82, 2.24) is 24.7 Å². The molecule has 4 rings (SSSR count). The zero-order chi connectivity index (χ0) is 19.5. The van der Waals surface area contributed by atoms with Gasteiger partial charge in [-0.1, -0.05) is 60.2 Å². The number of H-pyrrole nitrogens is 1. The minimum atomic E-state index is 0.460. The van der Waals surface area contributed by atoms with Gasteiger partial charge in [-0.3, -0.25) is 9.78 Å². The summed E-state index contributed by atoms with van der Waals surface area (Å²) in [5, 5.41) is 16.2. The standard InChI is InChI=1S/C21H20N6S/c1-15-8-10-18(11-9-15)20-19(12-22-27-16(2)23-24-21(27)28)14-26(25-20)13-17-6-4-3-5-7-17/h3-12,14H,13H2,1-2H3,(H,24,28)/b22-12-. The molecule has 0 saturated carbocycles. The third-order valence-corrected chi connectivity index (χ3v) is 4.69. The Hall–Kier alpha value is -3.32. The monoisotopic (exact) mass is 388 g/mol. The molecule has 140 valence electrons. The lowest BCUT2D eigenvalue weighted by Crippen LogP contribution is -2.00. The van der Waals surface area contributed by atoms with Gasteiger partial charge in [-0.05, 0) is 31.6 Å². The number of nitrogens with zero attached hydrogens (tertiary/aromatic N) is 5. The summed E-state index contributed by atoms with van der Waals surface area (Å²) in [7, 11) is 0. The van der Waals surface area contributed by atoms with Gasteiger partial charge in [-0.15, -0.1) is 0 Å². The fraction of sp³-hybridized carbons (Fsp3) is 0.143. The van der Waals surface area contributed by atoms with Gasteiger partial charge in [0.2, 0.25) is 4.77 Å². The lowest BCUT2D eigenvalue weighted by Gasteiger charge is -2.02. The Balaban J connectivity index is 1.74. The van der Waals surface area contributed by atoms with Crippen LogP contribution in [0.3, 0.4) is 0 Å². The average Bonchev–Trinajstić information content (AvgIpc) is 3.24. The summed E-state index contributed by atoms with van der Waals surface area (Å²) in [6, 6.07) is 18.6. The summed E-state index contributed by atoms with van der Waals surface area (Å²) < 4.78 is 4.00. The van der Waals surface area contributed by atoms with Crippen LogP contribution in [0.15, 0.2) is 65.9 Å². The first kappa shape index (κ1) is 18.1. The van der Waals surface area contributed by atoms with E-state index in [4.69, 9.17) is 17.3 Å². The number of nitrogens with one attached hydrogen (secondary N) is 1. The fourth-order valence-corrected chi connectivity index (χ4v) is 3.17. The molecule has 7 heteroatoms. The minimum Gasteiger partial charge on any atom is -0.267 e. The summed E-state index contributed by atoms with van der Waals surface area (Å²) in [4.78, 5) is 0. The number of aromatic nitrogens is 5. The molecule has 0 saturated heterocycles. The molecule has 0 atom stereocenters. The van der Waals surface area contributed by atoms with Crippen molar-refractivity contribution in [1.29, 1.82) is 0 Å². The van der Waals surface area contributed by atoms with Gasteiger partial charge in [0.25, 0.3) is 0 Å². The molecule has 2 aromatic heterocycles. The Kier molecular flexibility index (Phi) is 4.99. The molecule has 6 nitrogen and oxygen atoms in total. The Morgan fingerprint density at radius 3 is 2.50 bits per heavy atom. The van der Waals surface area contributed by atoms with Gasteiger partial charge in [0.15, 0.2) is 0 Å². The Labute approximate surface area is 168 Å². The van der Waals surface area contributed by atoms with Crippen LogP contribution in [-0.2, 0) is 6.54 Å². The third-order valence-electron chi connectivity index (χ3n) is 4.43. The van der Waals surface area contributed by atoms with Gasteiger partial charge >= 0.3 is 0 Å². The van der Waals surface area contributed by atoms with E-state index in [1.807, 2.05) is 36.0 Å². The van der Waals surface area contributed by atoms with Crippen molar-refractivity contribution in [2.45, 2.75) is 20.4 Å². The molecular weight excluding hydrogens is 368 g/mol. The third kappa shape index (κ3) is 3.84. The molecule has 0 radical (unpaired) electrons. The van der Waals surface area contributed by atoms with E-state index in [1.54, 1.807) is 10.9 Å². The van der Waals surface area contributed by atoms with Crippen LogP contribution in [0.4, 0.5) is 0 Å². The van der Waals surface area contributed by atoms with Crippen molar-refractivity contribution in [2.24, 2.45) is 5.10 Å². The number of aryl methyl sites for hydroxylation is 2. The van der Waals surface area contributed by atoms with Crippen LogP contribution in [0.25, 0.3) is 11.3 Å². The van der Waals surface area contributed by atoms with Gasteiger partial charge in [0.1, 0.15) is 11.5 Å². The van der Waals surface area contributed by atoms with E-state index >= 15 is 0 Å². The van der Waals surface area contributed by atoms with Crippen molar-refractivity contribution in [3.63, 3.8) is 0 Å². The van der Waals surface area contributed by atoms with Crippen molar-refractivity contribution in [3.8, 4) is 11.3 Å². The number of benzene rings is 2. The summed E-state index contributed by atoms with van der Waals surface area (Å²) in [6.07, 6.45) is 3.78. The van der Waals surface area contributed by atoms with E-state index in [2.05, 4.69) is 58.6 Å². The molecule has 4 aromatic rings. The van der Waals surface area contributed by atoms with E-state index in [0.717, 1.165) is 16.8 Å². The van der Waals surface area contributed by atoms with Crippen molar-refractivity contribution in [3.05, 3.63) is 88.1 Å². The second-order valence-electron chi connectivity index (χ2n) is 6.61.